The standard InChI is InChI=1S/C16H15ClN2O2S/c17-12-2-4-13(5-3-12)19-16(20)11-1-6-15(18-9-11)21-14-7-8-22-10-14/h1-6,9,14H,7-8,10H2,(H,19,20). The molecule has 2 heterocycles. The summed E-state index contributed by atoms with van der Waals surface area (Å²) in [5.41, 5.74) is 1.18. The third kappa shape index (κ3) is 3.93. The molecule has 2 aromatic rings. The third-order valence-corrected chi connectivity index (χ3v) is 4.66. The van der Waals surface area contributed by atoms with E-state index in [1.165, 1.54) is 6.20 Å². The molecule has 1 aliphatic rings. The summed E-state index contributed by atoms with van der Waals surface area (Å²) in [6.07, 6.45) is 2.81. The zero-order valence-corrected chi connectivity index (χ0v) is 13.4. The lowest BCUT2D eigenvalue weighted by Crippen LogP contribution is -2.16. The highest BCUT2D eigenvalue weighted by atomic mass is 35.5. The Hall–Kier alpha value is -1.72. The molecule has 0 spiro atoms. The fourth-order valence-corrected chi connectivity index (χ4v) is 3.32. The maximum absolute atomic E-state index is 12.1. The Labute approximate surface area is 138 Å². The third-order valence-electron chi connectivity index (χ3n) is 3.28. The fraction of sp³-hybridized carbons (Fsp3) is 0.250. The number of hydrogen-bond acceptors (Lipinski definition) is 4. The summed E-state index contributed by atoms with van der Waals surface area (Å²) in [4.78, 5) is 16.3. The molecule has 1 unspecified atom stereocenters. The molecule has 0 radical (unpaired) electrons. The second-order valence-electron chi connectivity index (χ2n) is 4.95. The normalized spacial score (nSPS) is 17.2. The van der Waals surface area contributed by atoms with Crippen molar-refractivity contribution in [3.05, 3.63) is 53.2 Å². The van der Waals surface area contributed by atoms with E-state index >= 15 is 0 Å². The minimum absolute atomic E-state index is 0.210. The maximum atomic E-state index is 12.1. The van der Waals surface area contributed by atoms with E-state index in [9.17, 15) is 4.79 Å². The topological polar surface area (TPSA) is 51.2 Å². The monoisotopic (exact) mass is 334 g/mol. The molecule has 4 nitrogen and oxygen atoms in total. The number of rotatable bonds is 4. The van der Waals surface area contributed by atoms with Gasteiger partial charge in [0, 0.05) is 28.7 Å². The van der Waals surface area contributed by atoms with Gasteiger partial charge < -0.3 is 10.1 Å². The van der Waals surface area contributed by atoms with Gasteiger partial charge in [-0.15, -0.1) is 0 Å². The number of hydrogen-bond donors (Lipinski definition) is 1. The van der Waals surface area contributed by atoms with Gasteiger partial charge in [0.2, 0.25) is 5.88 Å². The van der Waals surface area contributed by atoms with E-state index in [-0.39, 0.29) is 12.0 Å². The maximum Gasteiger partial charge on any atom is 0.257 e. The van der Waals surface area contributed by atoms with Crippen LogP contribution in [0.4, 0.5) is 5.69 Å². The number of amides is 1. The van der Waals surface area contributed by atoms with Gasteiger partial charge in [-0.25, -0.2) is 4.98 Å². The van der Waals surface area contributed by atoms with E-state index in [2.05, 4.69) is 10.3 Å². The van der Waals surface area contributed by atoms with E-state index in [1.54, 1.807) is 36.4 Å². The molecule has 6 heteroatoms. The molecule has 1 aliphatic heterocycles. The van der Waals surface area contributed by atoms with Gasteiger partial charge in [-0.05, 0) is 42.5 Å². The van der Waals surface area contributed by atoms with Crippen LogP contribution >= 0.6 is 23.4 Å². The van der Waals surface area contributed by atoms with E-state index in [4.69, 9.17) is 16.3 Å². The Morgan fingerprint density at radius 1 is 1.27 bits per heavy atom. The molecule has 1 aromatic heterocycles. The van der Waals surface area contributed by atoms with Gasteiger partial charge in [-0.1, -0.05) is 11.6 Å². The summed E-state index contributed by atoms with van der Waals surface area (Å²) in [7, 11) is 0. The highest BCUT2D eigenvalue weighted by Gasteiger charge is 2.17. The van der Waals surface area contributed by atoms with Crippen LogP contribution in [-0.4, -0.2) is 28.5 Å². The summed E-state index contributed by atoms with van der Waals surface area (Å²) in [6, 6.07) is 10.4. The molecule has 114 valence electrons. The van der Waals surface area contributed by atoms with Crippen LogP contribution in [0, 0.1) is 0 Å². The van der Waals surface area contributed by atoms with Crippen molar-refractivity contribution in [2.45, 2.75) is 12.5 Å². The SMILES string of the molecule is O=C(Nc1ccc(Cl)cc1)c1ccc(OC2CCSC2)nc1. The second kappa shape index (κ2) is 7.03. The van der Waals surface area contributed by atoms with Gasteiger partial charge in [0.05, 0.1) is 5.56 Å². The number of carbonyl (C=O) groups is 1. The van der Waals surface area contributed by atoms with Crippen LogP contribution in [-0.2, 0) is 0 Å². The van der Waals surface area contributed by atoms with Crippen LogP contribution in [0.2, 0.25) is 5.02 Å². The van der Waals surface area contributed by atoms with Gasteiger partial charge in [0.1, 0.15) is 6.10 Å². The number of anilines is 1. The smallest absolute Gasteiger partial charge is 0.257 e. The van der Waals surface area contributed by atoms with Gasteiger partial charge in [-0.3, -0.25) is 4.79 Å². The van der Waals surface area contributed by atoms with Gasteiger partial charge in [-0.2, -0.15) is 11.8 Å². The summed E-state index contributed by atoms with van der Waals surface area (Å²) < 4.78 is 5.76. The number of benzene rings is 1. The molecule has 3 rings (SSSR count). The Balaban J connectivity index is 1.61. The van der Waals surface area contributed by atoms with Crippen molar-refractivity contribution < 1.29 is 9.53 Å². The van der Waals surface area contributed by atoms with Crippen LogP contribution in [0.1, 0.15) is 16.8 Å². The summed E-state index contributed by atoms with van der Waals surface area (Å²) in [6.45, 7) is 0. The molecule has 1 amide bonds. The molecule has 1 atom stereocenters. The zero-order chi connectivity index (χ0) is 15.4. The lowest BCUT2D eigenvalue weighted by Gasteiger charge is -2.11. The highest BCUT2D eigenvalue weighted by Crippen LogP contribution is 2.22. The number of nitrogens with zero attached hydrogens (tertiary/aromatic N) is 1. The first kappa shape index (κ1) is 15.2. The van der Waals surface area contributed by atoms with Crippen molar-refractivity contribution in [1.29, 1.82) is 0 Å². The number of ether oxygens (including phenoxy) is 1. The van der Waals surface area contributed by atoms with Gasteiger partial charge >= 0.3 is 0 Å². The number of aromatic nitrogens is 1. The minimum atomic E-state index is -0.210. The molecule has 0 aliphatic carbocycles. The molecular formula is C16H15ClN2O2S. The van der Waals surface area contributed by atoms with Crippen LogP contribution in [0.3, 0.4) is 0 Å². The van der Waals surface area contributed by atoms with Crippen molar-refractivity contribution in [2.24, 2.45) is 0 Å². The van der Waals surface area contributed by atoms with Gasteiger partial charge in [0.25, 0.3) is 5.91 Å². The number of thioether (sulfide) groups is 1. The molecular weight excluding hydrogens is 320 g/mol. The fourth-order valence-electron chi connectivity index (χ4n) is 2.10. The molecule has 1 fully saturated rings. The van der Waals surface area contributed by atoms with E-state index in [0.717, 1.165) is 17.9 Å². The summed E-state index contributed by atoms with van der Waals surface area (Å²) in [5.74, 6) is 2.49. The van der Waals surface area contributed by atoms with E-state index in [0.29, 0.717) is 22.2 Å². The lowest BCUT2D eigenvalue weighted by molar-refractivity contribution is 0.102. The van der Waals surface area contributed by atoms with Crippen LogP contribution < -0.4 is 10.1 Å². The molecule has 1 aromatic carbocycles. The average molecular weight is 335 g/mol. The molecule has 1 saturated heterocycles. The Bertz CT molecular complexity index is 640. The Morgan fingerprint density at radius 3 is 2.73 bits per heavy atom. The first-order chi connectivity index (χ1) is 10.7. The zero-order valence-electron chi connectivity index (χ0n) is 11.8. The van der Waals surface area contributed by atoms with Crippen molar-refractivity contribution >= 4 is 35.0 Å². The minimum Gasteiger partial charge on any atom is -0.473 e. The van der Waals surface area contributed by atoms with Crippen molar-refractivity contribution in [1.82, 2.24) is 4.98 Å². The Morgan fingerprint density at radius 2 is 2.09 bits per heavy atom. The largest absolute Gasteiger partial charge is 0.473 e. The summed E-state index contributed by atoms with van der Waals surface area (Å²) in [5, 5.41) is 3.43. The van der Waals surface area contributed by atoms with Crippen molar-refractivity contribution in [3.63, 3.8) is 0 Å². The lowest BCUT2D eigenvalue weighted by atomic mass is 10.2. The predicted octanol–water partition coefficient (Wildman–Crippen LogP) is 3.87. The number of nitrogens with one attached hydrogen (secondary N) is 1. The van der Waals surface area contributed by atoms with Crippen LogP contribution in [0.5, 0.6) is 5.88 Å². The predicted molar refractivity (Wildman–Crippen MR) is 90.0 cm³/mol. The highest BCUT2D eigenvalue weighted by molar-refractivity contribution is 7.99. The average Bonchev–Trinajstić information content (AvgIpc) is 3.03. The first-order valence-electron chi connectivity index (χ1n) is 6.98. The van der Waals surface area contributed by atoms with E-state index < -0.39 is 0 Å². The first-order valence-corrected chi connectivity index (χ1v) is 8.51. The number of pyridine rings is 1. The second-order valence-corrected chi connectivity index (χ2v) is 6.54. The van der Waals surface area contributed by atoms with Crippen molar-refractivity contribution in [3.8, 4) is 5.88 Å². The molecule has 0 bridgehead atoms. The molecule has 1 N–H and O–H groups in total. The van der Waals surface area contributed by atoms with Gasteiger partial charge in [0.15, 0.2) is 0 Å². The number of carbonyl (C=O) groups excluding carboxylic acids is 1. The number of halogens is 1. The Kier molecular flexibility index (Phi) is 4.85. The van der Waals surface area contributed by atoms with E-state index in [1.807, 2.05) is 11.8 Å². The van der Waals surface area contributed by atoms with Crippen LogP contribution in [0.15, 0.2) is 42.6 Å². The van der Waals surface area contributed by atoms with Crippen LogP contribution in [0.25, 0.3) is 0 Å². The molecule has 0 saturated carbocycles. The van der Waals surface area contributed by atoms with Crippen molar-refractivity contribution in [2.75, 3.05) is 16.8 Å². The summed E-state index contributed by atoms with van der Waals surface area (Å²) >= 11 is 7.70. The quantitative estimate of drug-likeness (QED) is 0.922. The molecule has 22 heavy (non-hydrogen) atoms.